The van der Waals surface area contributed by atoms with Crippen molar-refractivity contribution in [3.8, 4) is 0 Å². The standard InChI is InChI=1S/C25H28FN3O2/c1-3-16(2)25(31)29-15-19-7-5-4-6-17(19)12-23(29)24(30)27-11-10-18-14-28-22-13-20(26)8-9-21(18)22/h4-9,13-14,16,23,28H,3,10-12,15H2,1-2H3,(H,27,30). The highest BCUT2D eigenvalue weighted by Crippen LogP contribution is 2.26. The first-order valence-corrected chi connectivity index (χ1v) is 10.9. The molecule has 2 aromatic carbocycles. The molecule has 5 nitrogen and oxygen atoms in total. The molecule has 4 rings (SSSR count). The summed E-state index contributed by atoms with van der Waals surface area (Å²) in [6, 6.07) is 12.2. The monoisotopic (exact) mass is 421 g/mol. The predicted octanol–water partition coefficient (Wildman–Crippen LogP) is 3.97. The molecule has 0 bridgehead atoms. The second-order valence-corrected chi connectivity index (χ2v) is 8.31. The summed E-state index contributed by atoms with van der Waals surface area (Å²) in [5.41, 5.74) is 4.00. The lowest BCUT2D eigenvalue weighted by atomic mass is 9.92. The van der Waals surface area contributed by atoms with E-state index in [0.29, 0.717) is 25.9 Å². The lowest BCUT2D eigenvalue weighted by molar-refractivity contribution is -0.144. The molecule has 2 heterocycles. The number of aromatic nitrogens is 1. The topological polar surface area (TPSA) is 65.2 Å². The van der Waals surface area contributed by atoms with Crippen LogP contribution in [0.2, 0.25) is 0 Å². The van der Waals surface area contributed by atoms with Crippen LogP contribution in [0.1, 0.15) is 37.0 Å². The molecule has 2 atom stereocenters. The smallest absolute Gasteiger partial charge is 0.243 e. The zero-order valence-electron chi connectivity index (χ0n) is 18.0. The van der Waals surface area contributed by atoms with Gasteiger partial charge in [-0.25, -0.2) is 4.39 Å². The summed E-state index contributed by atoms with van der Waals surface area (Å²) < 4.78 is 13.4. The normalized spacial score (nSPS) is 16.7. The van der Waals surface area contributed by atoms with E-state index in [4.69, 9.17) is 0 Å². The summed E-state index contributed by atoms with van der Waals surface area (Å²) in [5.74, 6) is -0.502. The number of carbonyl (C=O) groups is 2. The van der Waals surface area contributed by atoms with Gasteiger partial charge in [-0.2, -0.15) is 0 Å². The lowest BCUT2D eigenvalue weighted by Crippen LogP contribution is -2.54. The quantitative estimate of drug-likeness (QED) is 0.633. The van der Waals surface area contributed by atoms with Gasteiger partial charge in [0.05, 0.1) is 0 Å². The molecule has 2 N–H and O–H groups in total. The van der Waals surface area contributed by atoms with Crippen molar-refractivity contribution in [2.24, 2.45) is 5.92 Å². The largest absolute Gasteiger partial charge is 0.361 e. The van der Waals surface area contributed by atoms with Crippen molar-refractivity contribution in [2.75, 3.05) is 6.54 Å². The van der Waals surface area contributed by atoms with Crippen molar-refractivity contribution in [3.63, 3.8) is 0 Å². The average Bonchev–Trinajstić information content (AvgIpc) is 3.18. The van der Waals surface area contributed by atoms with E-state index in [1.165, 1.54) is 12.1 Å². The summed E-state index contributed by atoms with van der Waals surface area (Å²) in [6.07, 6.45) is 3.74. The third-order valence-corrected chi connectivity index (χ3v) is 6.29. The number of rotatable bonds is 6. The number of nitrogens with zero attached hydrogens (tertiary/aromatic N) is 1. The Morgan fingerprint density at radius 1 is 1.23 bits per heavy atom. The van der Waals surface area contributed by atoms with Gasteiger partial charge in [0.2, 0.25) is 11.8 Å². The molecule has 2 amide bonds. The van der Waals surface area contributed by atoms with E-state index in [-0.39, 0.29) is 23.5 Å². The lowest BCUT2D eigenvalue weighted by Gasteiger charge is -2.37. The molecule has 0 saturated heterocycles. The van der Waals surface area contributed by atoms with E-state index in [2.05, 4.69) is 10.3 Å². The van der Waals surface area contributed by atoms with E-state index < -0.39 is 6.04 Å². The highest BCUT2D eigenvalue weighted by molar-refractivity contribution is 5.89. The number of amides is 2. The van der Waals surface area contributed by atoms with Gasteiger partial charge in [0.15, 0.2) is 0 Å². The van der Waals surface area contributed by atoms with Gasteiger partial charge in [-0.15, -0.1) is 0 Å². The summed E-state index contributed by atoms with van der Waals surface area (Å²) in [6.45, 7) is 4.82. The maximum atomic E-state index is 13.4. The van der Waals surface area contributed by atoms with Gasteiger partial charge in [0.25, 0.3) is 0 Å². The molecule has 3 aromatic rings. The average molecular weight is 422 g/mol. The van der Waals surface area contributed by atoms with Crippen molar-refractivity contribution in [3.05, 3.63) is 71.2 Å². The Morgan fingerprint density at radius 2 is 2.00 bits per heavy atom. The van der Waals surface area contributed by atoms with Crippen molar-refractivity contribution >= 4 is 22.7 Å². The molecule has 1 aromatic heterocycles. The van der Waals surface area contributed by atoms with Crippen LogP contribution in [0.3, 0.4) is 0 Å². The number of H-pyrrole nitrogens is 1. The zero-order chi connectivity index (χ0) is 22.0. The fourth-order valence-electron chi connectivity index (χ4n) is 4.25. The number of benzene rings is 2. The SMILES string of the molecule is CCC(C)C(=O)N1Cc2ccccc2CC1C(=O)NCCc1c[nH]c2cc(F)ccc12. The number of hydrogen-bond acceptors (Lipinski definition) is 2. The van der Waals surface area contributed by atoms with E-state index >= 15 is 0 Å². The molecule has 0 fully saturated rings. The first-order chi connectivity index (χ1) is 15.0. The minimum Gasteiger partial charge on any atom is -0.361 e. The molecular weight excluding hydrogens is 393 g/mol. The second kappa shape index (κ2) is 8.92. The van der Waals surface area contributed by atoms with Crippen molar-refractivity contribution in [1.29, 1.82) is 0 Å². The maximum Gasteiger partial charge on any atom is 0.243 e. The molecule has 6 heteroatoms. The first kappa shape index (κ1) is 21.1. The molecule has 162 valence electrons. The Labute approximate surface area is 181 Å². The first-order valence-electron chi connectivity index (χ1n) is 10.9. The molecule has 31 heavy (non-hydrogen) atoms. The van der Waals surface area contributed by atoms with Crippen LogP contribution in [0.5, 0.6) is 0 Å². The highest BCUT2D eigenvalue weighted by Gasteiger charge is 2.35. The molecule has 2 unspecified atom stereocenters. The van der Waals surface area contributed by atoms with Gasteiger partial charge in [-0.05, 0) is 47.7 Å². The van der Waals surface area contributed by atoms with Crippen LogP contribution >= 0.6 is 0 Å². The summed E-state index contributed by atoms with van der Waals surface area (Å²) in [4.78, 5) is 30.9. The number of nitrogens with one attached hydrogen (secondary N) is 2. The fourth-order valence-corrected chi connectivity index (χ4v) is 4.25. The Bertz CT molecular complexity index is 1110. The molecule has 1 aliphatic rings. The van der Waals surface area contributed by atoms with Gasteiger partial charge in [-0.3, -0.25) is 9.59 Å². The Balaban J connectivity index is 1.46. The van der Waals surface area contributed by atoms with Gasteiger partial charge in [0.1, 0.15) is 11.9 Å². The summed E-state index contributed by atoms with van der Waals surface area (Å²) in [7, 11) is 0. The highest BCUT2D eigenvalue weighted by atomic mass is 19.1. The van der Waals surface area contributed by atoms with Crippen LogP contribution in [-0.4, -0.2) is 34.3 Å². The second-order valence-electron chi connectivity index (χ2n) is 8.31. The van der Waals surface area contributed by atoms with Crippen LogP contribution < -0.4 is 5.32 Å². The van der Waals surface area contributed by atoms with Gasteiger partial charge >= 0.3 is 0 Å². The third-order valence-electron chi connectivity index (χ3n) is 6.29. The third kappa shape index (κ3) is 4.33. The van der Waals surface area contributed by atoms with E-state index in [1.807, 2.05) is 44.3 Å². The molecule has 0 radical (unpaired) electrons. The van der Waals surface area contributed by atoms with E-state index in [0.717, 1.165) is 34.0 Å². The van der Waals surface area contributed by atoms with Crippen molar-refractivity contribution < 1.29 is 14.0 Å². The number of hydrogen-bond donors (Lipinski definition) is 2. The van der Waals surface area contributed by atoms with Gasteiger partial charge in [-0.1, -0.05) is 38.1 Å². The van der Waals surface area contributed by atoms with Crippen LogP contribution in [0.4, 0.5) is 4.39 Å². The minimum atomic E-state index is -0.506. The number of aromatic amines is 1. The van der Waals surface area contributed by atoms with Crippen molar-refractivity contribution in [2.45, 2.75) is 45.7 Å². The van der Waals surface area contributed by atoms with Gasteiger partial charge < -0.3 is 15.2 Å². The zero-order valence-corrected chi connectivity index (χ0v) is 18.0. The van der Waals surface area contributed by atoms with Crippen LogP contribution in [0.15, 0.2) is 48.7 Å². The van der Waals surface area contributed by atoms with Crippen LogP contribution in [-0.2, 0) is 29.0 Å². The Morgan fingerprint density at radius 3 is 2.77 bits per heavy atom. The number of halogens is 1. The molecule has 0 aliphatic carbocycles. The summed E-state index contributed by atoms with van der Waals surface area (Å²) >= 11 is 0. The predicted molar refractivity (Wildman–Crippen MR) is 119 cm³/mol. The molecule has 0 spiro atoms. The number of carbonyl (C=O) groups excluding carboxylic acids is 2. The van der Waals surface area contributed by atoms with Crippen molar-refractivity contribution in [1.82, 2.24) is 15.2 Å². The van der Waals surface area contributed by atoms with E-state index in [9.17, 15) is 14.0 Å². The van der Waals surface area contributed by atoms with Gasteiger partial charge in [0, 0.05) is 42.5 Å². The Hall–Kier alpha value is -3.15. The van der Waals surface area contributed by atoms with Crippen LogP contribution in [0, 0.1) is 11.7 Å². The molecule has 1 aliphatic heterocycles. The van der Waals surface area contributed by atoms with E-state index in [1.54, 1.807) is 11.0 Å². The van der Waals surface area contributed by atoms with Crippen LogP contribution in [0.25, 0.3) is 10.9 Å². The maximum absolute atomic E-state index is 13.4. The Kier molecular flexibility index (Phi) is 6.07. The minimum absolute atomic E-state index is 0.0239. The molecule has 0 saturated carbocycles. The number of fused-ring (bicyclic) bond motifs is 2. The summed E-state index contributed by atoms with van der Waals surface area (Å²) in [5, 5.41) is 3.97. The fraction of sp³-hybridized carbons (Fsp3) is 0.360. The molecular formula is C25H28FN3O2.